The number of hydrazone groups is 1. The molecule has 0 aliphatic heterocycles. The van der Waals surface area contributed by atoms with Crippen molar-refractivity contribution in [3.05, 3.63) is 46.2 Å². The second-order valence-corrected chi connectivity index (χ2v) is 7.38. The zero-order valence-corrected chi connectivity index (χ0v) is 17.0. The molecule has 0 radical (unpaired) electrons. The van der Waals surface area contributed by atoms with Gasteiger partial charge in [0.15, 0.2) is 5.78 Å². The van der Waals surface area contributed by atoms with Crippen LogP contribution in [0.5, 0.6) is 0 Å². The number of hydrogen-bond donors (Lipinski definition) is 0. The van der Waals surface area contributed by atoms with Crippen LogP contribution in [0, 0.1) is 0 Å². The number of hydrogen-bond acceptors (Lipinski definition) is 4. The molecule has 0 bridgehead atoms. The lowest BCUT2D eigenvalue weighted by molar-refractivity contribution is -0.131. The summed E-state index contributed by atoms with van der Waals surface area (Å²) in [6.07, 6.45) is 0.416. The number of ether oxygens (including phenoxy) is 1. The molecule has 5 nitrogen and oxygen atoms in total. The van der Waals surface area contributed by atoms with Crippen molar-refractivity contribution in [3.63, 3.8) is 0 Å². The molecule has 0 aliphatic carbocycles. The molecule has 0 saturated carbocycles. The number of rotatable bonds is 9. The molecule has 0 unspecified atom stereocenters. The number of Topliss-reactive ketones (excluding diaryl/α,β-unsaturated/α-hetero) is 1. The third-order valence-corrected chi connectivity index (χ3v) is 4.16. The first kappa shape index (κ1) is 22.8. The van der Waals surface area contributed by atoms with Gasteiger partial charge in [0.1, 0.15) is 17.4 Å². The molecule has 0 N–H and O–H groups in total. The largest absolute Gasteiger partial charge is 0.492 e. The Bertz CT molecular complexity index is 709. The Labute approximate surface area is 164 Å². The monoisotopic (exact) mass is 396 g/mol. The Kier molecular flexibility index (Phi) is 8.63. The molecule has 1 aromatic carbocycles. The van der Waals surface area contributed by atoms with E-state index in [0.717, 1.165) is 5.56 Å². The van der Waals surface area contributed by atoms with E-state index >= 15 is 0 Å². The number of amides is 1. The Morgan fingerprint density at radius 3 is 2.33 bits per heavy atom. The van der Waals surface area contributed by atoms with Crippen LogP contribution in [0.1, 0.15) is 56.5 Å². The van der Waals surface area contributed by atoms with E-state index in [0.29, 0.717) is 5.56 Å². The minimum absolute atomic E-state index is 0.0738. The van der Waals surface area contributed by atoms with Crippen molar-refractivity contribution in [2.24, 2.45) is 5.10 Å². The lowest BCUT2D eigenvalue weighted by Gasteiger charge is -2.30. The highest BCUT2D eigenvalue weighted by Crippen LogP contribution is 2.22. The predicted molar refractivity (Wildman–Crippen MR) is 105 cm³/mol. The SMILES string of the molecule is C=NN(C(=O)/C(Cl)=C(\C)OCc1ccc(C(=O)CCCF)cc1)C(C)(C)C. The summed E-state index contributed by atoms with van der Waals surface area (Å²) in [5, 5.41) is 4.85. The minimum atomic E-state index is -0.566. The van der Waals surface area contributed by atoms with E-state index in [9.17, 15) is 14.0 Å². The lowest BCUT2D eigenvalue weighted by Crippen LogP contribution is -2.41. The number of alkyl halides is 1. The van der Waals surface area contributed by atoms with E-state index in [2.05, 4.69) is 11.8 Å². The normalized spacial score (nSPS) is 12.2. The summed E-state index contributed by atoms with van der Waals surface area (Å²) in [6, 6.07) is 6.85. The van der Waals surface area contributed by atoms with Gasteiger partial charge in [0.05, 0.1) is 12.2 Å². The Morgan fingerprint density at radius 1 is 1.26 bits per heavy atom. The van der Waals surface area contributed by atoms with Gasteiger partial charge in [-0.3, -0.25) is 14.0 Å². The van der Waals surface area contributed by atoms with Crippen molar-refractivity contribution < 1.29 is 18.7 Å². The summed E-state index contributed by atoms with van der Waals surface area (Å²) >= 11 is 6.14. The average Bonchev–Trinajstić information content (AvgIpc) is 2.63. The molecule has 1 aromatic rings. The first-order valence-electron chi connectivity index (χ1n) is 8.60. The Morgan fingerprint density at radius 2 is 1.85 bits per heavy atom. The highest BCUT2D eigenvalue weighted by molar-refractivity contribution is 6.42. The second-order valence-electron chi connectivity index (χ2n) is 7.00. The average molecular weight is 397 g/mol. The van der Waals surface area contributed by atoms with Crippen molar-refractivity contribution in [3.8, 4) is 0 Å². The molecule has 0 spiro atoms. The molecule has 0 saturated heterocycles. The van der Waals surface area contributed by atoms with Gasteiger partial charge in [0, 0.05) is 18.7 Å². The topological polar surface area (TPSA) is 59.0 Å². The van der Waals surface area contributed by atoms with Gasteiger partial charge in [-0.15, -0.1) is 0 Å². The first-order valence-corrected chi connectivity index (χ1v) is 8.98. The summed E-state index contributed by atoms with van der Waals surface area (Å²) in [4.78, 5) is 24.3. The van der Waals surface area contributed by atoms with Gasteiger partial charge < -0.3 is 4.74 Å². The predicted octanol–water partition coefficient (Wildman–Crippen LogP) is 4.85. The smallest absolute Gasteiger partial charge is 0.289 e. The van der Waals surface area contributed by atoms with Crippen molar-refractivity contribution in [1.82, 2.24) is 5.01 Å². The Balaban J connectivity index is 2.76. The van der Waals surface area contributed by atoms with Crippen molar-refractivity contribution in [2.45, 2.75) is 52.7 Å². The van der Waals surface area contributed by atoms with Gasteiger partial charge >= 0.3 is 0 Å². The summed E-state index contributed by atoms with van der Waals surface area (Å²) in [5.74, 6) is -0.322. The number of benzene rings is 1. The van der Waals surface area contributed by atoms with Crippen molar-refractivity contribution in [1.29, 1.82) is 0 Å². The third kappa shape index (κ3) is 6.79. The molecule has 1 amide bonds. The summed E-state index contributed by atoms with van der Waals surface area (Å²) in [6.45, 7) is 10.1. The quantitative estimate of drug-likeness (QED) is 0.197. The standard InChI is InChI=1S/C20H26ClFN2O3/c1-14(18(21)19(26)24(23-5)20(2,3)4)27-13-15-8-10-16(11-9-15)17(25)7-6-12-22/h8-11H,5-7,12-13H2,1-4H3/b18-14-. The molecule has 0 fully saturated rings. The van der Waals surface area contributed by atoms with E-state index in [1.54, 1.807) is 31.2 Å². The molecule has 0 heterocycles. The fourth-order valence-corrected chi connectivity index (χ4v) is 2.37. The maximum absolute atomic E-state index is 12.4. The van der Waals surface area contributed by atoms with Crippen LogP contribution in [-0.2, 0) is 16.1 Å². The molecule has 0 aliphatic rings. The highest BCUT2D eigenvalue weighted by Gasteiger charge is 2.29. The molecular formula is C20H26ClFN2O3. The molecule has 1 rings (SSSR count). The minimum Gasteiger partial charge on any atom is -0.492 e. The zero-order chi connectivity index (χ0) is 20.6. The number of carbonyl (C=O) groups excluding carboxylic acids is 2. The lowest BCUT2D eigenvalue weighted by atomic mass is 10.1. The summed E-state index contributed by atoms with van der Waals surface area (Å²) in [7, 11) is 0. The zero-order valence-electron chi connectivity index (χ0n) is 16.2. The molecular weight excluding hydrogens is 371 g/mol. The molecule has 7 heteroatoms. The van der Waals surface area contributed by atoms with E-state index in [1.165, 1.54) is 5.01 Å². The van der Waals surface area contributed by atoms with Crippen LogP contribution < -0.4 is 0 Å². The van der Waals surface area contributed by atoms with Crippen LogP contribution in [0.4, 0.5) is 4.39 Å². The number of allylic oxidation sites excluding steroid dienone is 1. The maximum atomic E-state index is 12.4. The van der Waals surface area contributed by atoms with Gasteiger partial charge in [0.25, 0.3) is 5.91 Å². The molecule has 148 valence electrons. The first-order chi connectivity index (χ1) is 12.6. The number of carbonyl (C=O) groups is 2. The second kappa shape index (κ2) is 10.2. The summed E-state index contributed by atoms with van der Waals surface area (Å²) in [5.41, 5.74) is 0.775. The number of halogens is 2. The van der Waals surface area contributed by atoms with Crippen LogP contribution in [0.15, 0.2) is 40.2 Å². The number of ketones is 1. The van der Waals surface area contributed by atoms with E-state index in [-0.39, 0.29) is 36.0 Å². The fraction of sp³-hybridized carbons (Fsp3) is 0.450. The van der Waals surface area contributed by atoms with Crippen molar-refractivity contribution in [2.75, 3.05) is 6.67 Å². The molecule has 27 heavy (non-hydrogen) atoms. The van der Waals surface area contributed by atoms with E-state index in [1.807, 2.05) is 20.8 Å². The van der Waals surface area contributed by atoms with E-state index in [4.69, 9.17) is 16.3 Å². The van der Waals surface area contributed by atoms with Gasteiger partial charge in [-0.2, -0.15) is 5.10 Å². The van der Waals surface area contributed by atoms with Crippen LogP contribution in [0.3, 0.4) is 0 Å². The maximum Gasteiger partial charge on any atom is 0.289 e. The van der Waals surface area contributed by atoms with Crippen LogP contribution in [0.2, 0.25) is 0 Å². The van der Waals surface area contributed by atoms with Gasteiger partial charge in [-0.05, 0) is 39.7 Å². The van der Waals surface area contributed by atoms with Crippen molar-refractivity contribution >= 4 is 30.0 Å². The molecule has 0 atom stereocenters. The summed E-state index contributed by atoms with van der Waals surface area (Å²) < 4.78 is 17.7. The van der Waals surface area contributed by atoms with E-state index < -0.39 is 18.1 Å². The third-order valence-electron chi connectivity index (χ3n) is 3.73. The fourth-order valence-electron chi connectivity index (χ4n) is 2.24. The van der Waals surface area contributed by atoms with Crippen LogP contribution >= 0.6 is 11.6 Å². The van der Waals surface area contributed by atoms with Crippen LogP contribution in [0.25, 0.3) is 0 Å². The Hall–Kier alpha value is -2.21. The highest BCUT2D eigenvalue weighted by atomic mass is 35.5. The molecule has 0 aromatic heterocycles. The van der Waals surface area contributed by atoms with Crippen LogP contribution in [-0.4, -0.2) is 35.6 Å². The van der Waals surface area contributed by atoms with Gasteiger partial charge in [0.2, 0.25) is 0 Å². The van der Waals surface area contributed by atoms with Gasteiger partial charge in [-0.1, -0.05) is 35.9 Å². The van der Waals surface area contributed by atoms with Gasteiger partial charge in [-0.25, -0.2) is 5.01 Å². The number of nitrogens with zero attached hydrogens (tertiary/aromatic N) is 2.